The molecule has 1 atom stereocenters. The molecule has 2 aliphatic rings. The van der Waals surface area contributed by atoms with Crippen molar-refractivity contribution in [1.82, 2.24) is 4.90 Å². The zero-order valence-electron chi connectivity index (χ0n) is 20.3. The number of hydrogen-bond donors (Lipinski definition) is 0. The maximum absolute atomic E-state index is 13.3. The lowest BCUT2D eigenvalue weighted by atomic mass is 9.93. The molecule has 7 nitrogen and oxygen atoms in total. The van der Waals surface area contributed by atoms with Crippen LogP contribution in [0, 0.1) is 17.1 Å². The Hall–Kier alpha value is -3.96. The molecule has 2 aromatic carbocycles. The van der Waals surface area contributed by atoms with E-state index < -0.39 is 11.8 Å². The summed E-state index contributed by atoms with van der Waals surface area (Å²) < 4.78 is 30.4. The first-order chi connectivity index (χ1) is 17.4. The highest BCUT2D eigenvalue weighted by Crippen LogP contribution is 2.33. The van der Waals surface area contributed by atoms with Gasteiger partial charge in [0.05, 0.1) is 19.3 Å². The molecule has 0 radical (unpaired) electrons. The summed E-state index contributed by atoms with van der Waals surface area (Å²) in [5, 5.41) is 9.62. The first-order valence-corrected chi connectivity index (χ1v) is 11.9. The minimum Gasteiger partial charge on any atom is -0.490 e. The average molecular weight is 491 g/mol. The van der Waals surface area contributed by atoms with E-state index in [0.717, 1.165) is 23.3 Å². The van der Waals surface area contributed by atoms with E-state index in [0.29, 0.717) is 35.8 Å². The number of ether oxygens (including phenoxy) is 3. The number of carbonyl (C=O) groups excluding carboxylic acids is 2. The Kier molecular flexibility index (Phi) is 7.81. The van der Waals surface area contributed by atoms with Crippen molar-refractivity contribution in [2.75, 3.05) is 19.8 Å². The van der Waals surface area contributed by atoms with Crippen LogP contribution in [0.2, 0.25) is 0 Å². The molecule has 0 spiro atoms. The maximum atomic E-state index is 13.3. The summed E-state index contributed by atoms with van der Waals surface area (Å²) in [6, 6.07) is 13.2. The van der Waals surface area contributed by atoms with E-state index in [2.05, 4.69) is 0 Å². The second-order valence-corrected chi connectivity index (χ2v) is 8.58. The molecule has 0 aromatic heterocycles. The van der Waals surface area contributed by atoms with Crippen LogP contribution >= 0.6 is 0 Å². The standard InChI is InChI=1S/C28H27FN2O5/c1-3-34-26-14-20(8-11-25(26)36-17-19-6-9-21(29)10-7-19)13-23-18(2)24(15-30)28(33)31(27(23)32)16-22-5-4-12-35-22/h6-11,13-14,22H,3-5,12,16-17H2,1-2H3/b23-13+. The quantitative estimate of drug-likeness (QED) is 0.398. The molecule has 4 rings (SSSR count). The van der Waals surface area contributed by atoms with Gasteiger partial charge in [0.15, 0.2) is 11.5 Å². The lowest BCUT2D eigenvalue weighted by molar-refractivity contribution is -0.142. The van der Waals surface area contributed by atoms with Gasteiger partial charge in [-0.05, 0) is 73.7 Å². The van der Waals surface area contributed by atoms with Gasteiger partial charge < -0.3 is 14.2 Å². The lowest BCUT2D eigenvalue weighted by Gasteiger charge is -2.29. The number of hydrogen-bond acceptors (Lipinski definition) is 6. The van der Waals surface area contributed by atoms with Crippen LogP contribution in [0.1, 0.15) is 37.8 Å². The van der Waals surface area contributed by atoms with Crippen LogP contribution in [-0.2, 0) is 20.9 Å². The minimum atomic E-state index is -0.591. The number of halogens is 1. The molecule has 2 heterocycles. The van der Waals surface area contributed by atoms with Gasteiger partial charge in [-0.2, -0.15) is 5.26 Å². The number of benzene rings is 2. The normalized spacial score (nSPS) is 19.1. The van der Waals surface area contributed by atoms with Gasteiger partial charge in [-0.25, -0.2) is 4.39 Å². The number of amides is 2. The van der Waals surface area contributed by atoms with Gasteiger partial charge in [-0.1, -0.05) is 18.2 Å². The molecule has 0 N–H and O–H groups in total. The number of nitrogens with zero attached hydrogens (tertiary/aromatic N) is 2. The third-order valence-corrected chi connectivity index (χ3v) is 6.12. The van der Waals surface area contributed by atoms with Crippen LogP contribution in [0.4, 0.5) is 4.39 Å². The molecule has 1 unspecified atom stereocenters. The zero-order valence-corrected chi connectivity index (χ0v) is 20.3. The van der Waals surface area contributed by atoms with Crippen LogP contribution in [0.15, 0.2) is 59.2 Å². The Bertz CT molecular complexity index is 1250. The fraction of sp³-hybridized carbons (Fsp3) is 0.321. The van der Waals surface area contributed by atoms with E-state index in [1.807, 2.05) is 13.0 Å². The summed E-state index contributed by atoms with van der Waals surface area (Å²) >= 11 is 0. The molecule has 186 valence electrons. The van der Waals surface area contributed by atoms with Gasteiger partial charge >= 0.3 is 0 Å². The Morgan fingerprint density at radius 3 is 2.58 bits per heavy atom. The second kappa shape index (κ2) is 11.2. The Morgan fingerprint density at radius 1 is 1.14 bits per heavy atom. The van der Waals surface area contributed by atoms with Gasteiger partial charge in [-0.15, -0.1) is 0 Å². The maximum Gasteiger partial charge on any atom is 0.271 e. The van der Waals surface area contributed by atoms with Crippen molar-refractivity contribution < 1.29 is 28.2 Å². The van der Waals surface area contributed by atoms with Gasteiger partial charge in [0.25, 0.3) is 11.8 Å². The van der Waals surface area contributed by atoms with E-state index in [4.69, 9.17) is 14.2 Å². The van der Waals surface area contributed by atoms with Crippen LogP contribution < -0.4 is 9.47 Å². The Morgan fingerprint density at radius 2 is 1.92 bits per heavy atom. The van der Waals surface area contributed by atoms with Crippen LogP contribution in [0.25, 0.3) is 6.08 Å². The van der Waals surface area contributed by atoms with Crippen molar-refractivity contribution in [3.05, 3.63) is 76.1 Å². The first kappa shape index (κ1) is 25.1. The van der Waals surface area contributed by atoms with Crippen molar-refractivity contribution in [3.63, 3.8) is 0 Å². The topological polar surface area (TPSA) is 88.9 Å². The molecular weight excluding hydrogens is 463 g/mol. The van der Waals surface area contributed by atoms with Gasteiger partial charge in [0, 0.05) is 12.2 Å². The molecule has 0 aliphatic carbocycles. The number of rotatable bonds is 8. The van der Waals surface area contributed by atoms with Gasteiger partial charge in [0.1, 0.15) is 24.1 Å². The third-order valence-electron chi connectivity index (χ3n) is 6.12. The Labute approximate surface area is 209 Å². The zero-order chi connectivity index (χ0) is 25.7. The summed E-state index contributed by atoms with van der Waals surface area (Å²) in [5.41, 5.74) is 2.01. The molecule has 0 bridgehead atoms. The van der Waals surface area contributed by atoms with Crippen LogP contribution in [0.3, 0.4) is 0 Å². The number of carbonyl (C=O) groups is 2. The third kappa shape index (κ3) is 5.47. The molecule has 8 heteroatoms. The molecule has 1 saturated heterocycles. The molecule has 1 fully saturated rings. The highest BCUT2D eigenvalue weighted by Gasteiger charge is 2.37. The van der Waals surface area contributed by atoms with E-state index in [1.165, 1.54) is 12.1 Å². The van der Waals surface area contributed by atoms with Crippen molar-refractivity contribution in [1.29, 1.82) is 5.26 Å². The number of nitriles is 1. The molecule has 2 aromatic rings. The van der Waals surface area contributed by atoms with E-state index in [1.54, 1.807) is 43.3 Å². The molecule has 36 heavy (non-hydrogen) atoms. The van der Waals surface area contributed by atoms with Crippen molar-refractivity contribution in [3.8, 4) is 17.6 Å². The molecule has 2 aliphatic heterocycles. The average Bonchev–Trinajstić information content (AvgIpc) is 3.39. The largest absolute Gasteiger partial charge is 0.490 e. The predicted octanol–water partition coefficient (Wildman–Crippen LogP) is 4.57. The monoisotopic (exact) mass is 490 g/mol. The van der Waals surface area contributed by atoms with Crippen molar-refractivity contribution >= 4 is 17.9 Å². The van der Waals surface area contributed by atoms with Gasteiger partial charge in [-0.3, -0.25) is 14.5 Å². The fourth-order valence-electron chi connectivity index (χ4n) is 4.20. The summed E-state index contributed by atoms with van der Waals surface area (Å²) in [5.74, 6) is -0.387. The summed E-state index contributed by atoms with van der Waals surface area (Å²) in [7, 11) is 0. The SMILES string of the molecule is CCOc1cc(/C=C2/C(=O)N(CC3CCCO3)C(=O)C(C#N)=C2C)ccc1OCc1ccc(F)cc1. The van der Waals surface area contributed by atoms with Crippen LogP contribution in [-0.4, -0.2) is 42.6 Å². The molecular formula is C28H27FN2O5. The van der Waals surface area contributed by atoms with E-state index >= 15 is 0 Å². The fourth-order valence-corrected chi connectivity index (χ4v) is 4.20. The Balaban J connectivity index is 1.62. The van der Waals surface area contributed by atoms with Crippen molar-refractivity contribution in [2.45, 2.75) is 39.4 Å². The predicted molar refractivity (Wildman–Crippen MR) is 130 cm³/mol. The highest BCUT2D eigenvalue weighted by molar-refractivity contribution is 6.19. The van der Waals surface area contributed by atoms with E-state index in [-0.39, 0.29) is 36.2 Å². The van der Waals surface area contributed by atoms with Crippen LogP contribution in [0.5, 0.6) is 11.5 Å². The second-order valence-electron chi connectivity index (χ2n) is 8.58. The minimum absolute atomic E-state index is 0.0527. The number of imide groups is 1. The lowest BCUT2D eigenvalue weighted by Crippen LogP contribution is -2.46. The van der Waals surface area contributed by atoms with E-state index in [9.17, 15) is 19.2 Å². The smallest absolute Gasteiger partial charge is 0.271 e. The summed E-state index contributed by atoms with van der Waals surface area (Å²) in [6.07, 6.45) is 3.06. The first-order valence-electron chi connectivity index (χ1n) is 11.9. The summed E-state index contributed by atoms with van der Waals surface area (Å²) in [6.45, 7) is 4.79. The molecule has 0 saturated carbocycles. The van der Waals surface area contributed by atoms with Crippen molar-refractivity contribution in [2.24, 2.45) is 0 Å². The molecule has 2 amide bonds. The highest BCUT2D eigenvalue weighted by atomic mass is 19.1. The van der Waals surface area contributed by atoms with Gasteiger partial charge in [0.2, 0.25) is 0 Å². The summed E-state index contributed by atoms with van der Waals surface area (Å²) in [4.78, 5) is 27.3.